The fourth-order valence-electron chi connectivity index (χ4n) is 1.59. The normalized spacial score (nSPS) is 10.6. The highest BCUT2D eigenvalue weighted by Crippen LogP contribution is 2.03. The maximum Gasteiger partial charge on any atom is 0.244 e. The van der Waals surface area contributed by atoms with Crippen LogP contribution in [0.1, 0.15) is 13.8 Å². The number of nitrogens with zero attached hydrogens (tertiary/aromatic N) is 3. The minimum absolute atomic E-state index is 0.0528. The predicted octanol–water partition coefficient (Wildman–Crippen LogP) is -0.565. The molecule has 0 aliphatic rings. The van der Waals surface area contributed by atoms with Crippen LogP contribution in [-0.4, -0.2) is 39.6 Å². The Hall–Kier alpha value is -2.05. The van der Waals surface area contributed by atoms with Crippen molar-refractivity contribution in [3.8, 4) is 0 Å². The molecule has 18 heavy (non-hydrogen) atoms. The number of nitrogen functional groups attached to an aromatic ring is 1. The summed E-state index contributed by atoms with van der Waals surface area (Å²) in [4.78, 5) is 24.4. The Labute approximate surface area is 106 Å². The van der Waals surface area contributed by atoms with Crippen molar-refractivity contribution in [1.82, 2.24) is 14.7 Å². The zero-order valence-electron chi connectivity index (χ0n) is 10.7. The van der Waals surface area contributed by atoms with Crippen LogP contribution in [-0.2, 0) is 16.1 Å². The van der Waals surface area contributed by atoms with Crippen LogP contribution in [0.2, 0.25) is 0 Å². The van der Waals surface area contributed by atoms with Gasteiger partial charge in [0.2, 0.25) is 11.8 Å². The molecule has 100 valence electrons. The summed E-state index contributed by atoms with van der Waals surface area (Å²) in [6.07, 6.45) is 3.03. The number of aromatic nitrogens is 2. The molecule has 0 unspecified atom stereocenters. The molecule has 1 heterocycles. The van der Waals surface area contributed by atoms with E-state index in [0.717, 1.165) is 0 Å². The standard InChI is InChI=1S/C11H19N5O2/c1-8(2)4-15(6-10(13)17)11(18)7-16-5-9(12)3-14-16/h3,5,8H,4,6-7,12H2,1-2H3,(H2,13,17). The summed E-state index contributed by atoms with van der Waals surface area (Å²) in [6, 6.07) is 0. The number of nitrogens with two attached hydrogens (primary N) is 2. The van der Waals surface area contributed by atoms with Gasteiger partial charge in [-0.2, -0.15) is 5.10 Å². The monoisotopic (exact) mass is 253 g/mol. The van der Waals surface area contributed by atoms with Crippen molar-refractivity contribution in [2.45, 2.75) is 20.4 Å². The Morgan fingerprint density at radius 3 is 2.61 bits per heavy atom. The van der Waals surface area contributed by atoms with Gasteiger partial charge < -0.3 is 16.4 Å². The van der Waals surface area contributed by atoms with E-state index in [-0.39, 0.29) is 24.9 Å². The molecule has 1 aromatic rings. The lowest BCUT2D eigenvalue weighted by molar-refractivity contribution is -0.136. The van der Waals surface area contributed by atoms with Gasteiger partial charge in [0.15, 0.2) is 0 Å². The van der Waals surface area contributed by atoms with E-state index in [1.807, 2.05) is 13.8 Å². The third kappa shape index (κ3) is 4.44. The van der Waals surface area contributed by atoms with Gasteiger partial charge in [-0.15, -0.1) is 0 Å². The van der Waals surface area contributed by atoms with Gasteiger partial charge in [-0.1, -0.05) is 13.8 Å². The number of primary amides is 1. The second-order valence-corrected chi connectivity index (χ2v) is 4.61. The molecule has 0 radical (unpaired) electrons. The van der Waals surface area contributed by atoms with Crippen LogP contribution in [0.25, 0.3) is 0 Å². The quantitative estimate of drug-likeness (QED) is 0.708. The van der Waals surface area contributed by atoms with E-state index in [0.29, 0.717) is 12.2 Å². The molecule has 0 fully saturated rings. The van der Waals surface area contributed by atoms with E-state index in [1.54, 1.807) is 6.20 Å². The van der Waals surface area contributed by atoms with E-state index >= 15 is 0 Å². The number of carbonyl (C=O) groups excluding carboxylic acids is 2. The molecule has 1 aromatic heterocycles. The van der Waals surface area contributed by atoms with Crippen molar-refractivity contribution < 1.29 is 9.59 Å². The third-order valence-electron chi connectivity index (χ3n) is 2.24. The van der Waals surface area contributed by atoms with Gasteiger partial charge in [0.05, 0.1) is 18.4 Å². The summed E-state index contributed by atoms with van der Waals surface area (Å²) in [5.41, 5.74) is 11.1. The Balaban J connectivity index is 2.66. The van der Waals surface area contributed by atoms with Crippen molar-refractivity contribution in [3.63, 3.8) is 0 Å². The topological polar surface area (TPSA) is 107 Å². The molecule has 0 atom stereocenters. The third-order valence-corrected chi connectivity index (χ3v) is 2.24. The van der Waals surface area contributed by atoms with Crippen LogP contribution in [0.5, 0.6) is 0 Å². The van der Waals surface area contributed by atoms with Crippen LogP contribution in [0, 0.1) is 5.92 Å². The molecule has 7 heteroatoms. The highest BCUT2D eigenvalue weighted by Gasteiger charge is 2.17. The number of amides is 2. The van der Waals surface area contributed by atoms with Gasteiger partial charge in [0, 0.05) is 12.7 Å². The molecular weight excluding hydrogens is 234 g/mol. The lowest BCUT2D eigenvalue weighted by atomic mass is 10.2. The van der Waals surface area contributed by atoms with E-state index in [4.69, 9.17) is 11.5 Å². The molecule has 1 rings (SSSR count). The predicted molar refractivity (Wildman–Crippen MR) is 67.3 cm³/mol. The molecule has 7 nitrogen and oxygen atoms in total. The summed E-state index contributed by atoms with van der Waals surface area (Å²) >= 11 is 0. The maximum atomic E-state index is 12.0. The van der Waals surface area contributed by atoms with Crippen LogP contribution < -0.4 is 11.5 Å². The molecule has 2 amide bonds. The number of carbonyl (C=O) groups is 2. The first-order valence-corrected chi connectivity index (χ1v) is 5.72. The van der Waals surface area contributed by atoms with Crippen molar-refractivity contribution in [2.75, 3.05) is 18.8 Å². The molecular formula is C11H19N5O2. The second-order valence-electron chi connectivity index (χ2n) is 4.61. The summed E-state index contributed by atoms with van der Waals surface area (Å²) in [7, 11) is 0. The van der Waals surface area contributed by atoms with Crippen molar-refractivity contribution in [1.29, 1.82) is 0 Å². The Bertz CT molecular complexity index is 427. The fraction of sp³-hybridized carbons (Fsp3) is 0.545. The minimum atomic E-state index is -0.524. The van der Waals surface area contributed by atoms with Gasteiger partial charge in [-0.25, -0.2) is 0 Å². The maximum absolute atomic E-state index is 12.0. The fourth-order valence-corrected chi connectivity index (χ4v) is 1.59. The Morgan fingerprint density at radius 1 is 1.50 bits per heavy atom. The molecule has 0 spiro atoms. The van der Waals surface area contributed by atoms with E-state index in [2.05, 4.69) is 5.10 Å². The minimum Gasteiger partial charge on any atom is -0.396 e. The Morgan fingerprint density at radius 2 is 2.17 bits per heavy atom. The summed E-state index contributed by atoms with van der Waals surface area (Å²) in [5.74, 6) is -0.467. The van der Waals surface area contributed by atoms with Gasteiger partial charge in [0.25, 0.3) is 0 Å². The molecule has 0 saturated carbocycles. The molecule has 0 bridgehead atoms. The van der Waals surface area contributed by atoms with Gasteiger partial charge >= 0.3 is 0 Å². The number of hydrogen-bond donors (Lipinski definition) is 2. The molecule has 0 aliphatic heterocycles. The van der Waals surface area contributed by atoms with Crippen LogP contribution in [0.15, 0.2) is 12.4 Å². The molecule has 4 N–H and O–H groups in total. The highest BCUT2D eigenvalue weighted by atomic mass is 16.2. The smallest absolute Gasteiger partial charge is 0.244 e. The van der Waals surface area contributed by atoms with Crippen LogP contribution >= 0.6 is 0 Å². The first-order valence-electron chi connectivity index (χ1n) is 5.72. The van der Waals surface area contributed by atoms with Gasteiger partial charge in [0.1, 0.15) is 6.54 Å². The van der Waals surface area contributed by atoms with Gasteiger partial charge in [-0.05, 0) is 5.92 Å². The molecule has 0 aromatic carbocycles. The van der Waals surface area contributed by atoms with Crippen LogP contribution in [0.4, 0.5) is 5.69 Å². The van der Waals surface area contributed by atoms with Crippen molar-refractivity contribution >= 4 is 17.5 Å². The SMILES string of the molecule is CC(C)CN(CC(N)=O)C(=O)Cn1cc(N)cn1. The number of anilines is 1. The van der Waals surface area contributed by atoms with E-state index < -0.39 is 5.91 Å². The Kier molecular flexibility index (Phi) is 4.70. The first-order chi connectivity index (χ1) is 8.38. The highest BCUT2D eigenvalue weighted by molar-refractivity contribution is 5.83. The van der Waals surface area contributed by atoms with Crippen LogP contribution in [0.3, 0.4) is 0 Å². The average Bonchev–Trinajstić information content (AvgIpc) is 2.61. The number of hydrogen-bond acceptors (Lipinski definition) is 4. The first kappa shape index (κ1) is 14.0. The average molecular weight is 253 g/mol. The lowest BCUT2D eigenvalue weighted by Gasteiger charge is -2.23. The summed E-state index contributed by atoms with van der Waals surface area (Å²) in [5, 5.41) is 3.92. The summed E-state index contributed by atoms with van der Waals surface area (Å²) in [6.45, 7) is 4.39. The van der Waals surface area contributed by atoms with E-state index in [9.17, 15) is 9.59 Å². The molecule has 0 aliphatic carbocycles. The molecule has 0 saturated heterocycles. The second kappa shape index (κ2) is 6.04. The summed E-state index contributed by atoms with van der Waals surface area (Å²) < 4.78 is 1.44. The van der Waals surface area contributed by atoms with Crippen molar-refractivity contribution in [2.24, 2.45) is 11.7 Å². The zero-order valence-corrected chi connectivity index (χ0v) is 10.7. The lowest BCUT2D eigenvalue weighted by Crippen LogP contribution is -2.42. The number of rotatable bonds is 6. The largest absolute Gasteiger partial charge is 0.396 e. The zero-order chi connectivity index (χ0) is 13.7. The van der Waals surface area contributed by atoms with Gasteiger partial charge in [-0.3, -0.25) is 14.3 Å². The van der Waals surface area contributed by atoms with E-state index in [1.165, 1.54) is 15.8 Å². The van der Waals surface area contributed by atoms with Crippen molar-refractivity contribution in [3.05, 3.63) is 12.4 Å².